The van der Waals surface area contributed by atoms with Gasteiger partial charge in [0.15, 0.2) is 5.15 Å². The molecule has 0 amide bonds. The summed E-state index contributed by atoms with van der Waals surface area (Å²) in [6.45, 7) is 3.12. The van der Waals surface area contributed by atoms with E-state index in [9.17, 15) is 9.65 Å². The monoisotopic (exact) mass is 516 g/mol. The quantitative estimate of drug-likeness (QED) is 0.310. The minimum absolute atomic E-state index is 0.280. The van der Waals surface area contributed by atoms with Crippen molar-refractivity contribution in [3.63, 3.8) is 0 Å². The summed E-state index contributed by atoms with van der Waals surface area (Å²) in [5.74, 6) is 0.205. The maximum absolute atomic E-state index is 14.8. The van der Waals surface area contributed by atoms with E-state index < -0.39 is 11.2 Å². The van der Waals surface area contributed by atoms with E-state index in [-0.39, 0.29) is 5.15 Å². The summed E-state index contributed by atoms with van der Waals surface area (Å²) in [6.07, 6.45) is 8.28. The topological polar surface area (TPSA) is 104 Å². The van der Waals surface area contributed by atoms with E-state index in [0.717, 1.165) is 32.2 Å². The molecule has 2 aromatic heterocycles. The first kappa shape index (κ1) is 26.6. The predicted molar refractivity (Wildman–Crippen MR) is 139 cm³/mol. The average Bonchev–Trinajstić information content (AvgIpc) is 2.91. The van der Waals surface area contributed by atoms with E-state index in [2.05, 4.69) is 32.0 Å². The van der Waals surface area contributed by atoms with Crippen molar-refractivity contribution in [2.75, 3.05) is 50.7 Å². The number of methoxy groups -OCH3 is 1. The van der Waals surface area contributed by atoms with Gasteiger partial charge < -0.3 is 25.4 Å². The summed E-state index contributed by atoms with van der Waals surface area (Å²) in [5.41, 5.74) is 1.04. The van der Waals surface area contributed by atoms with Crippen molar-refractivity contribution in [2.45, 2.75) is 50.6 Å². The fourth-order valence-electron chi connectivity index (χ4n) is 4.83. The molecule has 0 bridgehead atoms. The molecular formula is C26H34ClFN6O2. The molecule has 0 spiro atoms. The average molecular weight is 517 g/mol. The SMILES string of the molecule is COCCNC1CCC(Nc2cc(-c3cnc(Cl)c(NCC4(C#N)CCOCC4)c3)c(F)cn2)CC1. The van der Waals surface area contributed by atoms with E-state index in [4.69, 9.17) is 21.1 Å². The Morgan fingerprint density at radius 3 is 2.64 bits per heavy atom. The highest BCUT2D eigenvalue weighted by Gasteiger charge is 2.32. The van der Waals surface area contributed by atoms with E-state index in [1.807, 2.05) is 0 Å². The van der Waals surface area contributed by atoms with Crippen molar-refractivity contribution >= 4 is 23.1 Å². The van der Waals surface area contributed by atoms with Gasteiger partial charge in [-0.2, -0.15) is 5.26 Å². The second-order valence-corrected chi connectivity index (χ2v) is 9.97. The van der Waals surface area contributed by atoms with E-state index in [0.29, 0.717) is 73.9 Å². The molecule has 8 nitrogen and oxygen atoms in total. The molecule has 0 aromatic carbocycles. The molecule has 1 saturated heterocycles. The zero-order valence-electron chi connectivity index (χ0n) is 20.7. The largest absolute Gasteiger partial charge is 0.383 e. The Morgan fingerprint density at radius 1 is 1.17 bits per heavy atom. The first-order valence-electron chi connectivity index (χ1n) is 12.5. The van der Waals surface area contributed by atoms with Gasteiger partial charge in [0.1, 0.15) is 11.6 Å². The number of nitrogens with one attached hydrogen (secondary N) is 3. The van der Waals surface area contributed by atoms with Gasteiger partial charge in [-0.05, 0) is 50.7 Å². The zero-order valence-corrected chi connectivity index (χ0v) is 21.4. The molecule has 0 radical (unpaired) electrons. The van der Waals surface area contributed by atoms with Gasteiger partial charge in [0.05, 0.1) is 30.0 Å². The van der Waals surface area contributed by atoms with Crippen LogP contribution in [-0.2, 0) is 9.47 Å². The minimum atomic E-state index is -0.519. The van der Waals surface area contributed by atoms with Crippen molar-refractivity contribution in [1.29, 1.82) is 5.26 Å². The van der Waals surface area contributed by atoms with Gasteiger partial charge in [0.2, 0.25) is 0 Å². The van der Waals surface area contributed by atoms with Crippen LogP contribution >= 0.6 is 11.6 Å². The summed E-state index contributed by atoms with van der Waals surface area (Å²) < 4.78 is 25.3. The van der Waals surface area contributed by atoms with Crippen LogP contribution in [-0.4, -0.2) is 62.1 Å². The van der Waals surface area contributed by atoms with Gasteiger partial charge in [-0.15, -0.1) is 0 Å². The minimum Gasteiger partial charge on any atom is -0.383 e. The van der Waals surface area contributed by atoms with E-state index in [1.165, 1.54) is 6.20 Å². The Morgan fingerprint density at radius 2 is 1.92 bits per heavy atom. The lowest BCUT2D eigenvalue weighted by Crippen LogP contribution is -2.38. The number of halogens is 2. The second kappa shape index (κ2) is 12.6. The van der Waals surface area contributed by atoms with E-state index in [1.54, 1.807) is 25.4 Å². The number of nitriles is 1. The van der Waals surface area contributed by atoms with Crippen LogP contribution < -0.4 is 16.0 Å². The molecule has 3 N–H and O–H groups in total. The number of anilines is 2. The van der Waals surface area contributed by atoms with Crippen molar-refractivity contribution < 1.29 is 13.9 Å². The molecule has 194 valence electrons. The highest BCUT2D eigenvalue weighted by Crippen LogP contribution is 2.33. The van der Waals surface area contributed by atoms with Crippen LogP contribution in [0.5, 0.6) is 0 Å². The summed E-state index contributed by atoms with van der Waals surface area (Å²) in [4.78, 5) is 8.53. The predicted octanol–water partition coefficient (Wildman–Crippen LogP) is 4.63. The molecule has 36 heavy (non-hydrogen) atoms. The van der Waals surface area contributed by atoms with Gasteiger partial charge in [-0.1, -0.05) is 11.6 Å². The number of pyridine rings is 2. The van der Waals surface area contributed by atoms with Gasteiger partial charge in [-0.25, -0.2) is 14.4 Å². The number of aromatic nitrogens is 2. The fraction of sp³-hybridized carbons (Fsp3) is 0.577. The Bertz CT molecular complexity index is 1050. The van der Waals surface area contributed by atoms with Crippen LogP contribution in [0, 0.1) is 22.6 Å². The van der Waals surface area contributed by atoms with Crippen LogP contribution in [0.4, 0.5) is 15.9 Å². The van der Waals surface area contributed by atoms with Crippen LogP contribution in [0.3, 0.4) is 0 Å². The number of hydrogen-bond acceptors (Lipinski definition) is 8. The first-order valence-corrected chi connectivity index (χ1v) is 12.9. The van der Waals surface area contributed by atoms with Gasteiger partial charge >= 0.3 is 0 Å². The molecule has 0 unspecified atom stereocenters. The second-order valence-electron chi connectivity index (χ2n) is 9.61. The molecule has 10 heteroatoms. The molecule has 4 rings (SSSR count). The number of hydrogen-bond donors (Lipinski definition) is 3. The third kappa shape index (κ3) is 6.83. The Balaban J connectivity index is 1.41. The smallest absolute Gasteiger partial charge is 0.152 e. The highest BCUT2D eigenvalue weighted by molar-refractivity contribution is 6.32. The fourth-order valence-corrected chi connectivity index (χ4v) is 5.00. The van der Waals surface area contributed by atoms with Crippen molar-refractivity contribution in [1.82, 2.24) is 15.3 Å². The number of rotatable bonds is 10. The molecular weight excluding hydrogens is 483 g/mol. The van der Waals surface area contributed by atoms with E-state index >= 15 is 0 Å². The maximum Gasteiger partial charge on any atom is 0.152 e. The summed E-state index contributed by atoms with van der Waals surface area (Å²) in [5, 5.41) is 20.3. The van der Waals surface area contributed by atoms with Crippen molar-refractivity contribution in [3.8, 4) is 17.2 Å². The third-order valence-electron chi connectivity index (χ3n) is 7.13. The Kier molecular flexibility index (Phi) is 9.32. The van der Waals surface area contributed by atoms with Crippen LogP contribution in [0.15, 0.2) is 24.5 Å². The molecule has 1 aliphatic heterocycles. The Hall–Kier alpha value is -2.51. The lowest BCUT2D eigenvalue weighted by atomic mass is 9.81. The van der Waals surface area contributed by atoms with Crippen molar-refractivity contribution in [2.24, 2.45) is 5.41 Å². The normalized spacial score (nSPS) is 21.5. The van der Waals surface area contributed by atoms with Crippen molar-refractivity contribution in [3.05, 3.63) is 35.5 Å². The van der Waals surface area contributed by atoms with Crippen LogP contribution in [0.2, 0.25) is 5.15 Å². The highest BCUT2D eigenvalue weighted by atomic mass is 35.5. The van der Waals surface area contributed by atoms with Gasteiger partial charge in [0, 0.05) is 62.8 Å². The summed E-state index contributed by atoms with van der Waals surface area (Å²) in [6, 6.07) is 6.73. The summed E-state index contributed by atoms with van der Waals surface area (Å²) >= 11 is 6.33. The number of ether oxygens (including phenoxy) is 2. The molecule has 2 aromatic rings. The van der Waals surface area contributed by atoms with Crippen LogP contribution in [0.1, 0.15) is 38.5 Å². The summed E-state index contributed by atoms with van der Waals surface area (Å²) in [7, 11) is 1.71. The Labute approximate surface area is 216 Å². The maximum atomic E-state index is 14.8. The van der Waals surface area contributed by atoms with Crippen LogP contribution in [0.25, 0.3) is 11.1 Å². The standard InChI is InChI=1S/C26H34ClFN6O2/c1-35-11-8-30-19-2-4-20(5-3-19)34-24-13-21(22(28)15-31-24)18-12-23(25(27)32-14-18)33-17-26(16-29)6-9-36-10-7-26/h12-15,19-20,30,33H,2-11,17H2,1H3,(H,31,34). The lowest BCUT2D eigenvalue weighted by molar-refractivity contribution is 0.0456. The molecule has 1 aliphatic carbocycles. The molecule has 2 aliphatic rings. The third-order valence-corrected chi connectivity index (χ3v) is 7.43. The molecule has 0 atom stereocenters. The molecule has 3 heterocycles. The first-order chi connectivity index (χ1) is 17.5. The molecule has 2 fully saturated rings. The lowest BCUT2D eigenvalue weighted by Gasteiger charge is -2.31. The number of nitrogens with zero attached hydrogens (tertiary/aromatic N) is 3. The van der Waals surface area contributed by atoms with Gasteiger partial charge in [0.25, 0.3) is 0 Å². The molecule has 1 saturated carbocycles. The zero-order chi connectivity index (χ0) is 25.4. The van der Waals surface area contributed by atoms with Gasteiger partial charge in [-0.3, -0.25) is 0 Å².